The lowest BCUT2D eigenvalue weighted by molar-refractivity contribution is -0.138. The van der Waals surface area contributed by atoms with E-state index < -0.39 is 5.82 Å². The predicted octanol–water partition coefficient (Wildman–Crippen LogP) is 2.93. The van der Waals surface area contributed by atoms with Crippen LogP contribution in [0.2, 0.25) is 0 Å². The van der Waals surface area contributed by atoms with E-state index in [2.05, 4.69) is 22.6 Å². The molecule has 266 valence electrons. The first kappa shape index (κ1) is 35.4. The smallest absolute Gasteiger partial charge is 0.253 e. The SMILES string of the molecule is Cc1sc2nc1CC(=O)N(C1CCN(C(=O)c3ccc(F)cc3)CC1)CC(=O)NCCC[C@H](NC1CCN(C)CC1)C(=O)N1CCC2CC1. The number of hydrogen-bond donors (Lipinski definition) is 2. The average Bonchev–Trinajstić information content (AvgIpc) is 3.48. The summed E-state index contributed by atoms with van der Waals surface area (Å²) in [5, 5.41) is 7.73. The van der Waals surface area contributed by atoms with Gasteiger partial charge in [-0.15, -0.1) is 11.3 Å². The summed E-state index contributed by atoms with van der Waals surface area (Å²) in [6, 6.07) is 5.34. The summed E-state index contributed by atoms with van der Waals surface area (Å²) in [7, 11) is 2.13. The number of likely N-dealkylation sites (tertiary alicyclic amines) is 2. The third kappa shape index (κ3) is 8.85. The van der Waals surface area contributed by atoms with E-state index in [0.29, 0.717) is 70.0 Å². The van der Waals surface area contributed by atoms with E-state index in [1.54, 1.807) is 21.1 Å². The van der Waals surface area contributed by atoms with E-state index in [1.807, 2.05) is 11.8 Å². The Balaban J connectivity index is 1.16. The molecule has 13 heteroatoms. The first-order chi connectivity index (χ1) is 23.6. The zero-order valence-electron chi connectivity index (χ0n) is 28.8. The standard InChI is InChI=1S/C36H50FN7O4S/c1-24-31-22-33(46)44(29-13-20-42(21-14-29)35(47)26-5-7-27(37)8-6-26)23-32(45)38-15-3-4-30(39-28-11-16-41(2)17-12-28)36(48)43-18-9-25(10-19-43)34(40-31)49-24/h5-8,25,28-30,39H,3-4,9-23H2,1-2H3,(H,38,45)/t30-/m0/s1. The molecule has 1 atom stereocenters. The van der Waals surface area contributed by atoms with Crippen LogP contribution in [0.25, 0.3) is 0 Å². The van der Waals surface area contributed by atoms with Gasteiger partial charge in [0.15, 0.2) is 0 Å². The lowest BCUT2D eigenvalue weighted by Gasteiger charge is -2.38. The van der Waals surface area contributed by atoms with Crippen molar-refractivity contribution in [3.63, 3.8) is 0 Å². The van der Waals surface area contributed by atoms with E-state index in [0.717, 1.165) is 54.4 Å². The van der Waals surface area contributed by atoms with Crippen molar-refractivity contribution in [3.8, 4) is 0 Å². The zero-order valence-corrected chi connectivity index (χ0v) is 29.6. The van der Waals surface area contributed by atoms with Crippen LogP contribution in [0.5, 0.6) is 0 Å². The number of nitrogens with one attached hydrogen (secondary N) is 2. The number of halogens is 1. The van der Waals surface area contributed by atoms with Crippen LogP contribution in [0, 0.1) is 12.7 Å². The van der Waals surface area contributed by atoms with Gasteiger partial charge in [-0.1, -0.05) is 0 Å². The van der Waals surface area contributed by atoms with Crippen LogP contribution < -0.4 is 10.6 Å². The minimum atomic E-state index is -0.392. The highest BCUT2D eigenvalue weighted by Gasteiger charge is 2.34. The molecule has 2 aromatic rings. The zero-order chi connectivity index (χ0) is 34.5. The number of nitrogens with zero attached hydrogens (tertiary/aromatic N) is 5. The van der Waals surface area contributed by atoms with Crippen molar-refractivity contribution in [1.82, 2.24) is 35.2 Å². The Morgan fingerprint density at radius 1 is 0.939 bits per heavy atom. The molecule has 0 radical (unpaired) electrons. The van der Waals surface area contributed by atoms with Crippen molar-refractivity contribution in [3.05, 3.63) is 51.2 Å². The Bertz CT molecular complexity index is 1480. The van der Waals surface area contributed by atoms with Gasteiger partial charge in [0, 0.05) is 61.2 Å². The summed E-state index contributed by atoms with van der Waals surface area (Å²) in [4.78, 5) is 68.0. The van der Waals surface area contributed by atoms with Crippen LogP contribution in [-0.4, -0.2) is 126 Å². The minimum absolute atomic E-state index is 0.0714. The van der Waals surface area contributed by atoms with E-state index in [-0.39, 0.29) is 54.6 Å². The summed E-state index contributed by atoms with van der Waals surface area (Å²) < 4.78 is 13.4. The number of carbonyl (C=O) groups excluding carboxylic acids is 4. The van der Waals surface area contributed by atoms with E-state index >= 15 is 0 Å². The summed E-state index contributed by atoms with van der Waals surface area (Å²) >= 11 is 1.64. The lowest BCUT2D eigenvalue weighted by atomic mass is 9.96. The van der Waals surface area contributed by atoms with Gasteiger partial charge < -0.3 is 30.2 Å². The highest BCUT2D eigenvalue weighted by Crippen LogP contribution is 2.33. The molecule has 1 aromatic heterocycles. The number of aromatic nitrogens is 1. The Kier molecular flexibility index (Phi) is 11.6. The molecule has 11 nitrogen and oxygen atoms in total. The maximum Gasteiger partial charge on any atom is 0.253 e. The van der Waals surface area contributed by atoms with Gasteiger partial charge in [-0.25, -0.2) is 9.37 Å². The molecule has 2 N–H and O–H groups in total. The quantitative estimate of drug-likeness (QED) is 0.506. The maximum absolute atomic E-state index is 14.0. The molecule has 4 amide bonds. The van der Waals surface area contributed by atoms with E-state index in [9.17, 15) is 23.6 Å². The van der Waals surface area contributed by atoms with Gasteiger partial charge in [0.2, 0.25) is 17.7 Å². The highest BCUT2D eigenvalue weighted by molar-refractivity contribution is 7.11. The Labute approximate surface area is 292 Å². The number of aryl methyl sites for hydroxylation is 1. The van der Waals surface area contributed by atoms with Gasteiger partial charge in [0.25, 0.3) is 5.91 Å². The van der Waals surface area contributed by atoms with Crippen molar-refractivity contribution in [2.24, 2.45) is 0 Å². The Hall–Kier alpha value is -3.42. The summed E-state index contributed by atoms with van der Waals surface area (Å²) in [6.07, 6.45) is 6.19. The molecule has 5 aliphatic rings. The second-order valence-corrected chi connectivity index (χ2v) is 15.4. The molecule has 0 unspecified atom stereocenters. The number of benzene rings is 1. The van der Waals surface area contributed by atoms with Gasteiger partial charge >= 0.3 is 0 Å². The van der Waals surface area contributed by atoms with Crippen LogP contribution in [0.3, 0.4) is 0 Å². The fourth-order valence-corrected chi connectivity index (χ4v) is 8.77. The van der Waals surface area contributed by atoms with Crippen molar-refractivity contribution >= 4 is 35.0 Å². The molecule has 49 heavy (non-hydrogen) atoms. The fourth-order valence-electron chi connectivity index (χ4n) is 7.66. The van der Waals surface area contributed by atoms with Crippen molar-refractivity contribution in [2.45, 2.75) is 88.8 Å². The molecule has 5 aliphatic heterocycles. The molecule has 0 spiro atoms. The normalized spacial score (nSPS) is 24.6. The minimum Gasteiger partial charge on any atom is -0.355 e. The second-order valence-electron chi connectivity index (χ2n) is 14.2. The number of piperidine rings is 3. The predicted molar refractivity (Wildman–Crippen MR) is 186 cm³/mol. The molecular formula is C36H50FN7O4S. The molecular weight excluding hydrogens is 646 g/mol. The molecule has 3 saturated heterocycles. The first-order valence-electron chi connectivity index (χ1n) is 17.9. The number of hydrogen-bond acceptors (Lipinski definition) is 8. The van der Waals surface area contributed by atoms with Crippen LogP contribution in [0.15, 0.2) is 24.3 Å². The molecule has 3 fully saturated rings. The van der Waals surface area contributed by atoms with Gasteiger partial charge in [-0.2, -0.15) is 0 Å². The molecule has 0 saturated carbocycles. The summed E-state index contributed by atoms with van der Waals surface area (Å²) in [6.45, 7) is 6.61. The molecule has 6 heterocycles. The average molecular weight is 696 g/mol. The summed E-state index contributed by atoms with van der Waals surface area (Å²) in [5.41, 5.74) is 1.18. The topological polar surface area (TPSA) is 118 Å². The molecule has 0 aliphatic carbocycles. The third-order valence-corrected chi connectivity index (χ3v) is 11.9. The van der Waals surface area contributed by atoms with Crippen molar-refractivity contribution in [2.75, 3.05) is 59.4 Å². The van der Waals surface area contributed by atoms with Crippen LogP contribution in [0.1, 0.15) is 83.2 Å². The van der Waals surface area contributed by atoms with Gasteiger partial charge in [0.05, 0.1) is 29.7 Å². The lowest BCUT2D eigenvalue weighted by Crippen LogP contribution is -2.54. The van der Waals surface area contributed by atoms with Crippen LogP contribution >= 0.6 is 11.3 Å². The Morgan fingerprint density at radius 2 is 1.63 bits per heavy atom. The molecule has 7 rings (SSSR count). The first-order valence-corrected chi connectivity index (χ1v) is 18.8. The monoisotopic (exact) mass is 695 g/mol. The van der Waals surface area contributed by atoms with Crippen LogP contribution in [0.4, 0.5) is 4.39 Å². The third-order valence-electron chi connectivity index (χ3n) is 10.7. The Morgan fingerprint density at radius 3 is 2.33 bits per heavy atom. The largest absolute Gasteiger partial charge is 0.355 e. The van der Waals surface area contributed by atoms with E-state index in [4.69, 9.17) is 4.98 Å². The van der Waals surface area contributed by atoms with Gasteiger partial charge in [-0.05, 0) is 103 Å². The van der Waals surface area contributed by atoms with Crippen molar-refractivity contribution in [1.29, 1.82) is 0 Å². The number of thiazole rings is 1. The number of fused-ring (bicyclic) bond motifs is 12. The van der Waals surface area contributed by atoms with Crippen LogP contribution in [-0.2, 0) is 20.8 Å². The van der Waals surface area contributed by atoms with E-state index in [1.165, 1.54) is 24.3 Å². The maximum atomic E-state index is 14.0. The fraction of sp³-hybridized carbons (Fsp3) is 0.639. The molecule has 1 aromatic carbocycles. The second kappa shape index (κ2) is 16.1. The van der Waals surface area contributed by atoms with Gasteiger partial charge in [-0.3, -0.25) is 19.2 Å². The van der Waals surface area contributed by atoms with Crippen molar-refractivity contribution < 1.29 is 23.6 Å². The summed E-state index contributed by atoms with van der Waals surface area (Å²) in [5.74, 6) is -0.522. The number of amides is 4. The highest BCUT2D eigenvalue weighted by atomic mass is 32.1. The number of carbonyl (C=O) groups is 4. The molecule has 4 bridgehead atoms. The number of rotatable bonds is 4. The van der Waals surface area contributed by atoms with Gasteiger partial charge in [0.1, 0.15) is 5.82 Å².